The first-order valence-corrected chi connectivity index (χ1v) is 11.2. The van der Waals surface area contributed by atoms with Gasteiger partial charge in [0.05, 0.1) is 5.75 Å². The van der Waals surface area contributed by atoms with E-state index < -0.39 is 12.1 Å². The number of carbonyl (C=O) groups excluding carboxylic acids is 2. The second kappa shape index (κ2) is 11.0. The highest BCUT2D eigenvalue weighted by atomic mass is 35.5. The zero-order valence-electron chi connectivity index (χ0n) is 17.2. The molecular formula is C22H23ClN4O3S. The van der Waals surface area contributed by atoms with E-state index in [-0.39, 0.29) is 11.7 Å². The van der Waals surface area contributed by atoms with Crippen molar-refractivity contribution in [3.63, 3.8) is 0 Å². The minimum atomic E-state index is -0.884. The number of ether oxygens (including phenoxy) is 1. The molecule has 1 amide bonds. The molecule has 31 heavy (non-hydrogen) atoms. The molecule has 162 valence electrons. The van der Waals surface area contributed by atoms with Crippen molar-refractivity contribution >= 4 is 35.2 Å². The van der Waals surface area contributed by atoms with E-state index in [1.807, 2.05) is 54.0 Å². The van der Waals surface area contributed by atoms with Crippen molar-refractivity contribution in [3.8, 4) is 11.4 Å². The molecule has 0 aliphatic rings. The van der Waals surface area contributed by atoms with E-state index in [1.54, 1.807) is 19.1 Å². The second-order valence-corrected chi connectivity index (χ2v) is 8.06. The Labute approximate surface area is 190 Å². The van der Waals surface area contributed by atoms with Gasteiger partial charge in [0, 0.05) is 23.7 Å². The number of hydrogen-bond acceptors (Lipinski definition) is 6. The molecule has 1 aromatic heterocycles. The third-order valence-corrected chi connectivity index (χ3v) is 5.63. The van der Waals surface area contributed by atoms with Crippen molar-refractivity contribution in [2.24, 2.45) is 0 Å². The van der Waals surface area contributed by atoms with Crippen LogP contribution in [-0.2, 0) is 27.4 Å². The van der Waals surface area contributed by atoms with Crippen molar-refractivity contribution in [2.45, 2.75) is 38.2 Å². The van der Waals surface area contributed by atoms with Crippen molar-refractivity contribution in [2.75, 3.05) is 5.75 Å². The van der Waals surface area contributed by atoms with Crippen LogP contribution in [0.3, 0.4) is 0 Å². The van der Waals surface area contributed by atoms with E-state index in [1.165, 1.54) is 11.8 Å². The number of thioether (sulfide) groups is 1. The lowest BCUT2D eigenvalue weighted by Crippen LogP contribution is -2.35. The minimum Gasteiger partial charge on any atom is -0.452 e. The van der Waals surface area contributed by atoms with E-state index in [0.717, 1.165) is 11.1 Å². The van der Waals surface area contributed by atoms with Crippen molar-refractivity contribution in [1.82, 2.24) is 20.1 Å². The van der Waals surface area contributed by atoms with Crippen LogP contribution in [0.1, 0.15) is 19.4 Å². The first-order chi connectivity index (χ1) is 15.0. The molecule has 2 aromatic carbocycles. The molecule has 0 aliphatic heterocycles. The van der Waals surface area contributed by atoms with Crippen molar-refractivity contribution in [3.05, 3.63) is 65.2 Å². The summed E-state index contributed by atoms with van der Waals surface area (Å²) in [6, 6.07) is 16.9. The van der Waals surface area contributed by atoms with Gasteiger partial charge in [-0.3, -0.25) is 9.59 Å². The fraction of sp³-hybridized carbons (Fsp3) is 0.273. The number of nitrogens with one attached hydrogen (secondary N) is 1. The molecule has 3 rings (SSSR count). The van der Waals surface area contributed by atoms with Crippen molar-refractivity contribution in [1.29, 1.82) is 0 Å². The fourth-order valence-electron chi connectivity index (χ4n) is 2.83. The summed E-state index contributed by atoms with van der Waals surface area (Å²) in [5, 5.41) is 12.4. The monoisotopic (exact) mass is 458 g/mol. The summed E-state index contributed by atoms with van der Waals surface area (Å²) >= 11 is 7.17. The van der Waals surface area contributed by atoms with Gasteiger partial charge in [0.2, 0.25) is 0 Å². The maximum absolute atomic E-state index is 12.2. The molecule has 7 nitrogen and oxygen atoms in total. The lowest BCUT2D eigenvalue weighted by Gasteiger charge is -2.13. The Bertz CT molecular complexity index is 1020. The number of amides is 1. The third-order valence-electron chi connectivity index (χ3n) is 4.44. The minimum absolute atomic E-state index is 0.0229. The van der Waals surface area contributed by atoms with Crippen LogP contribution < -0.4 is 5.32 Å². The van der Waals surface area contributed by atoms with E-state index in [2.05, 4.69) is 15.5 Å². The van der Waals surface area contributed by atoms with Gasteiger partial charge >= 0.3 is 5.97 Å². The average Bonchev–Trinajstić information content (AvgIpc) is 3.20. The van der Waals surface area contributed by atoms with Crippen LogP contribution >= 0.6 is 23.4 Å². The van der Waals surface area contributed by atoms with Crippen LogP contribution in [0, 0.1) is 0 Å². The van der Waals surface area contributed by atoms with Gasteiger partial charge in [-0.2, -0.15) is 0 Å². The Morgan fingerprint density at radius 3 is 2.52 bits per heavy atom. The molecule has 3 aromatic rings. The predicted molar refractivity (Wildman–Crippen MR) is 121 cm³/mol. The van der Waals surface area contributed by atoms with Crippen LogP contribution in [0.4, 0.5) is 0 Å². The topological polar surface area (TPSA) is 86.1 Å². The summed E-state index contributed by atoms with van der Waals surface area (Å²) in [6.45, 7) is 4.55. The molecule has 0 saturated carbocycles. The summed E-state index contributed by atoms with van der Waals surface area (Å²) in [4.78, 5) is 24.4. The van der Waals surface area contributed by atoms with Gasteiger partial charge in [0.25, 0.3) is 5.91 Å². The molecule has 0 radical (unpaired) electrons. The normalized spacial score (nSPS) is 11.7. The van der Waals surface area contributed by atoms with Gasteiger partial charge in [-0.15, -0.1) is 10.2 Å². The van der Waals surface area contributed by atoms with Crippen LogP contribution in [0.2, 0.25) is 5.02 Å². The van der Waals surface area contributed by atoms with Gasteiger partial charge in [-0.25, -0.2) is 0 Å². The Morgan fingerprint density at radius 2 is 1.84 bits per heavy atom. The standard InChI is InChI=1S/C22H23ClN4O3S/c1-3-27-20(17-9-11-18(23)12-10-17)25-26-22(27)31-14-19(28)30-15(2)21(29)24-13-16-7-5-4-6-8-16/h4-12,15H,3,13-14H2,1-2H3,(H,24,29)/t15-/m1/s1. The smallest absolute Gasteiger partial charge is 0.317 e. The number of hydrogen-bond donors (Lipinski definition) is 1. The van der Waals surface area contributed by atoms with Crippen LogP contribution in [-0.4, -0.2) is 38.5 Å². The molecule has 0 fully saturated rings. The van der Waals surface area contributed by atoms with Crippen molar-refractivity contribution < 1.29 is 14.3 Å². The lowest BCUT2D eigenvalue weighted by atomic mass is 10.2. The maximum atomic E-state index is 12.2. The Hall–Kier alpha value is -2.84. The zero-order valence-corrected chi connectivity index (χ0v) is 18.8. The van der Waals surface area contributed by atoms with E-state index in [9.17, 15) is 9.59 Å². The summed E-state index contributed by atoms with van der Waals surface area (Å²) in [7, 11) is 0. The number of carbonyl (C=O) groups is 2. The van der Waals surface area contributed by atoms with Gasteiger partial charge in [0.15, 0.2) is 17.1 Å². The fourth-order valence-corrected chi connectivity index (χ4v) is 3.74. The molecule has 0 bridgehead atoms. The molecule has 0 saturated heterocycles. The number of rotatable bonds is 9. The molecule has 9 heteroatoms. The Kier molecular flexibility index (Phi) is 8.08. The third kappa shape index (κ3) is 6.32. The SMILES string of the molecule is CCn1c(SCC(=O)O[C@H](C)C(=O)NCc2ccccc2)nnc1-c1ccc(Cl)cc1. The van der Waals surface area contributed by atoms with Gasteiger partial charge in [0.1, 0.15) is 0 Å². The average molecular weight is 459 g/mol. The molecule has 1 N–H and O–H groups in total. The Morgan fingerprint density at radius 1 is 1.13 bits per heavy atom. The molecule has 0 spiro atoms. The highest BCUT2D eigenvalue weighted by Gasteiger charge is 2.19. The van der Waals surface area contributed by atoms with Gasteiger partial charge in [-0.05, 0) is 43.7 Å². The summed E-state index contributed by atoms with van der Waals surface area (Å²) in [6.07, 6.45) is -0.884. The summed E-state index contributed by atoms with van der Waals surface area (Å²) in [5.41, 5.74) is 1.86. The molecule has 1 atom stereocenters. The molecule has 0 aliphatic carbocycles. The number of aromatic nitrogens is 3. The largest absolute Gasteiger partial charge is 0.452 e. The zero-order chi connectivity index (χ0) is 22.2. The van der Waals surface area contributed by atoms with Crippen LogP contribution in [0.15, 0.2) is 59.8 Å². The molecule has 0 unspecified atom stereocenters. The molecular weight excluding hydrogens is 436 g/mol. The number of benzene rings is 2. The summed E-state index contributed by atoms with van der Waals surface area (Å²) in [5.74, 6) is -0.117. The Balaban J connectivity index is 1.52. The number of esters is 1. The highest BCUT2D eigenvalue weighted by Crippen LogP contribution is 2.25. The maximum Gasteiger partial charge on any atom is 0.317 e. The van der Waals surface area contributed by atoms with E-state index in [0.29, 0.717) is 29.1 Å². The highest BCUT2D eigenvalue weighted by molar-refractivity contribution is 7.99. The van der Waals surface area contributed by atoms with Gasteiger partial charge in [-0.1, -0.05) is 53.7 Å². The first-order valence-electron chi connectivity index (χ1n) is 9.81. The lowest BCUT2D eigenvalue weighted by molar-refractivity contribution is -0.152. The number of nitrogens with zero attached hydrogens (tertiary/aromatic N) is 3. The predicted octanol–water partition coefficient (Wildman–Crippen LogP) is 3.96. The van der Waals surface area contributed by atoms with Crippen LogP contribution in [0.25, 0.3) is 11.4 Å². The van der Waals surface area contributed by atoms with Gasteiger partial charge < -0.3 is 14.6 Å². The quantitative estimate of drug-likeness (QED) is 0.386. The molecule has 1 heterocycles. The van der Waals surface area contributed by atoms with E-state index >= 15 is 0 Å². The van der Waals surface area contributed by atoms with E-state index in [4.69, 9.17) is 16.3 Å². The summed E-state index contributed by atoms with van der Waals surface area (Å²) < 4.78 is 7.17. The second-order valence-electron chi connectivity index (χ2n) is 6.68. The number of halogens is 1. The van der Waals surface area contributed by atoms with Crippen LogP contribution in [0.5, 0.6) is 0 Å². The first kappa shape index (κ1) is 22.8.